The first-order chi connectivity index (χ1) is 8.17. The van der Waals surface area contributed by atoms with Gasteiger partial charge < -0.3 is 10.6 Å². The fourth-order valence-corrected chi connectivity index (χ4v) is 2.36. The molecule has 0 aromatic heterocycles. The Balaban J connectivity index is 2.18. The van der Waals surface area contributed by atoms with Gasteiger partial charge in [-0.15, -0.1) is 0 Å². The van der Waals surface area contributed by atoms with Gasteiger partial charge >= 0.3 is 0 Å². The largest absolute Gasteiger partial charge is 0.326 e. The quantitative estimate of drug-likeness (QED) is 0.737. The van der Waals surface area contributed by atoms with E-state index in [2.05, 4.69) is 30.6 Å². The Bertz CT molecular complexity index is 188. The van der Waals surface area contributed by atoms with Gasteiger partial charge in [-0.3, -0.25) is 4.90 Å². The normalized spacial score (nSPS) is 22.6. The van der Waals surface area contributed by atoms with Crippen LogP contribution in [0, 0.1) is 5.92 Å². The summed E-state index contributed by atoms with van der Waals surface area (Å²) < 4.78 is 0. The van der Waals surface area contributed by atoms with Crippen LogP contribution < -0.4 is 5.73 Å². The minimum absolute atomic E-state index is 0.349. The second-order valence-electron chi connectivity index (χ2n) is 5.55. The molecule has 1 fully saturated rings. The molecule has 0 radical (unpaired) electrons. The van der Waals surface area contributed by atoms with E-state index in [0.717, 1.165) is 6.54 Å². The SMILES string of the molecule is CCCCN1CCN(C[C@@H](N)[C@@H](C)CC)CC1. The second kappa shape index (κ2) is 8.06. The standard InChI is InChI=1S/C14H31N3/c1-4-6-7-16-8-10-17(11-9-16)12-14(15)13(3)5-2/h13-14H,4-12,15H2,1-3H3/t13-,14+/m0/s1. The van der Waals surface area contributed by atoms with E-state index in [4.69, 9.17) is 5.73 Å². The fraction of sp³-hybridized carbons (Fsp3) is 1.00. The third-order valence-electron chi connectivity index (χ3n) is 4.14. The number of nitrogens with zero attached hydrogens (tertiary/aromatic N) is 2. The molecule has 1 heterocycles. The molecule has 0 unspecified atom stereocenters. The van der Waals surface area contributed by atoms with Gasteiger partial charge in [0.1, 0.15) is 0 Å². The van der Waals surface area contributed by atoms with Crippen LogP contribution in [-0.4, -0.2) is 55.1 Å². The van der Waals surface area contributed by atoms with E-state index in [9.17, 15) is 0 Å². The van der Waals surface area contributed by atoms with E-state index < -0.39 is 0 Å². The van der Waals surface area contributed by atoms with Crippen molar-refractivity contribution in [2.45, 2.75) is 46.1 Å². The molecule has 0 aliphatic carbocycles. The van der Waals surface area contributed by atoms with Crippen LogP contribution in [0.4, 0.5) is 0 Å². The maximum atomic E-state index is 6.22. The molecule has 102 valence electrons. The van der Waals surface area contributed by atoms with Gasteiger partial charge in [-0.25, -0.2) is 0 Å². The third-order valence-corrected chi connectivity index (χ3v) is 4.14. The Morgan fingerprint density at radius 3 is 2.18 bits per heavy atom. The van der Waals surface area contributed by atoms with Crippen LogP contribution in [-0.2, 0) is 0 Å². The van der Waals surface area contributed by atoms with Crippen LogP contribution in [0.1, 0.15) is 40.0 Å². The molecule has 0 saturated carbocycles. The van der Waals surface area contributed by atoms with Gasteiger partial charge in [-0.05, 0) is 18.9 Å². The summed E-state index contributed by atoms with van der Waals surface area (Å²) in [5, 5.41) is 0. The highest BCUT2D eigenvalue weighted by Crippen LogP contribution is 2.09. The Kier molecular flexibility index (Phi) is 7.09. The molecule has 0 bridgehead atoms. The van der Waals surface area contributed by atoms with Gasteiger partial charge in [0.15, 0.2) is 0 Å². The van der Waals surface area contributed by atoms with E-state index in [0.29, 0.717) is 12.0 Å². The Hall–Kier alpha value is -0.120. The molecule has 0 amide bonds. The lowest BCUT2D eigenvalue weighted by Crippen LogP contribution is -2.51. The van der Waals surface area contributed by atoms with Crippen molar-refractivity contribution >= 4 is 0 Å². The van der Waals surface area contributed by atoms with Gasteiger partial charge in [-0.2, -0.15) is 0 Å². The van der Waals surface area contributed by atoms with Crippen LogP contribution in [0.3, 0.4) is 0 Å². The van der Waals surface area contributed by atoms with Crippen LogP contribution in [0.2, 0.25) is 0 Å². The van der Waals surface area contributed by atoms with Crippen molar-refractivity contribution in [1.29, 1.82) is 0 Å². The molecule has 2 atom stereocenters. The molecule has 3 heteroatoms. The molecule has 0 aromatic rings. The minimum atomic E-state index is 0.349. The van der Waals surface area contributed by atoms with Crippen molar-refractivity contribution in [3.63, 3.8) is 0 Å². The van der Waals surface area contributed by atoms with E-state index >= 15 is 0 Å². The lowest BCUT2D eigenvalue weighted by atomic mass is 9.99. The predicted octanol–water partition coefficient (Wildman–Crippen LogP) is 1.78. The fourth-order valence-electron chi connectivity index (χ4n) is 2.36. The number of piperazine rings is 1. The third kappa shape index (κ3) is 5.36. The summed E-state index contributed by atoms with van der Waals surface area (Å²) in [4.78, 5) is 5.13. The Morgan fingerprint density at radius 2 is 1.65 bits per heavy atom. The van der Waals surface area contributed by atoms with Crippen LogP contribution in [0.25, 0.3) is 0 Å². The molecule has 3 nitrogen and oxygen atoms in total. The Labute approximate surface area is 107 Å². The minimum Gasteiger partial charge on any atom is -0.326 e. The molecule has 1 aliphatic heterocycles. The van der Waals surface area contributed by atoms with Crippen molar-refractivity contribution in [1.82, 2.24) is 9.80 Å². The topological polar surface area (TPSA) is 32.5 Å². The van der Waals surface area contributed by atoms with Crippen molar-refractivity contribution in [2.24, 2.45) is 11.7 Å². The summed E-state index contributed by atoms with van der Waals surface area (Å²) in [6.07, 6.45) is 3.84. The number of hydrogen-bond acceptors (Lipinski definition) is 3. The van der Waals surface area contributed by atoms with E-state index in [1.165, 1.54) is 52.0 Å². The van der Waals surface area contributed by atoms with Crippen molar-refractivity contribution in [2.75, 3.05) is 39.3 Å². The highest BCUT2D eigenvalue weighted by molar-refractivity contribution is 4.77. The molecule has 1 aliphatic rings. The van der Waals surface area contributed by atoms with Crippen molar-refractivity contribution in [3.8, 4) is 0 Å². The molecular formula is C14H31N3. The van der Waals surface area contributed by atoms with Crippen molar-refractivity contribution < 1.29 is 0 Å². The van der Waals surface area contributed by atoms with E-state index in [-0.39, 0.29) is 0 Å². The summed E-state index contributed by atoms with van der Waals surface area (Å²) in [6.45, 7) is 14.0. The maximum Gasteiger partial charge on any atom is 0.0193 e. The van der Waals surface area contributed by atoms with Crippen LogP contribution in [0.15, 0.2) is 0 Å². The molecule has 1 saturated heterocycles. The number of unbranched alkanes of at least 4 members (excludes halogenated alkanes) is 1. The highest BCUT2D eigenvalue weighted by Gasteiger charge is 2.20. The zero-order valence-electron chi connectivity index (χ0n) is 12.0. The second-order valence-corrected chi connectivity index (χ2v) is 5.55. The smallest absolute Gasteiger partial charge is 0.0193 e. The number of hydrogen-bond donors (Lipinski definition) is 1. The summed E-state index contributed by atoms with van der Waals surface area (Å²) in [5.41, 5.74) is 6.22. The molecular weight excluding hydrogens is 210 g/mol. The summed E-state index contributed by atoms with van der Waals surface area (Å²) >= 11 is 0. The predicted molar refractivity (Wildman–Crippen MR) is 75.2 cm³/mol. The molecule has 0 aromatic carbocycles. The van der Waals surface area contributed by atoms with Gasteiger partial charge in [0.2, 0.25) is 0 Å². The van der Waals surface area contributed by atoms with Gasteiger partial charge in [-0.1, -0.05) is 33.6 Å². The lowest BCUT2D eigenvalue weighted by Gasteiger charge is -2.36. The van der Waals surface area contributed by atoms with Gasteiger partial charge in [0, 0.05) is 38.8 Å². The lowest BCUT2D eigenvalue weighted by molar-refractivity contribution is 0.120. The first kappa shape index (κ1) is 14.9. The molecule has 2 N–H and O–H groups in total. The summed E-state index contributed by atoms with van der Waals surface area (Å²) in [5.74, 6) is 0.646. The van der Waals surface area contributed by atoms with E-state index in [1.54, 1.807) is 0 Å². The average Bonchev–Trinajstić information content (AvgIpc) is 2.37. The monoisotopic (exact) mass is 241 g/mol. The maximum absolute atomic E-state index is 6.22. The number of nitrogens with two attached hydrogens (primary N) is 1. The molecule has 1 rings (SSSR count). The zero-order chi connectivity index (χ0) is 12.7. The molecule has 17 heavy (non-hydrogen) atoms. The van der Waals surface area contributed by atoms with Gasteiger partial charge in [0.25, 0.3) is 0 Å². The average molecular weight is 241 g/mol. The van der Waals surface area contributed by atoms with Crippen LogP contribution >= 0.6 is 0 Å². The zero-order valence-corrected chi connectivity index (χ0v) is 12.0. The van der Waals surface area contributed by atoms with E-state index in [1.807, 2.05) is 0 Å². The first-order valence-corrected chi connectivity index (χ1v) is 7.37. The first-order valence-electron chi connectivity index (χ1n) is 7.37. The summed E-state index contributed by atoms with van der Waals surface area (Å²) in [6, 6.07) is 0.349. The number of rotatable bonds is 7. The van der Waals surface area contributed by atoms with Crippen LogP contribution in [0.5, 0.6) is 0 Å². The highest BCUT2D eigenvalue weighted by atomic mass is 15.3. The van der Waals surface area contributed by atoms with Gasteiger partial charge in [0.05, 0.1) is 0 Å². The summed E-state index contributed by atoms with van der Waals surface area (Å²) in [7, 11) is 0. The molecule has 0 spiro atoms. The Morgan fingerprint density at radius 1 is 1.06 bits per heavy atom. The van der Waals surface area contributed by atoms with Crippen molar-refractivity contribution in [3.05, 3.63) is 0 Å².